The Labute approximate surface area is 95.1 Å². The lowest BCUT2D eigenvalue weighted by Crippen LogP contribution is -1.86. The van der Waals surface area contributed by atoms with Crippen LogP contribution in [0.25, 0.3) is 11.3 Å². The van der Waals surface area contributed by atoms with E-state index in [0.717, 1.165) is 15.7 Å². The van der Waals surface area contributed by atoms with Gasteiger partial charge in [-0.2, -0.15) is 10.2 Å². The van der Waals surface area contributed by atoms with Gasteiger partial charge < -0.3 is 0 Å². The molecule has 1 heterocycles. The Balaban J connectivity index is 2.49. The van der Waals surface area contributed by atoms with Crippen molar-refractivity contribution in [3.05, 3.63) is 46.0 Å². The summed E-state index contributed by atoms with van der Waals surface area (Å²) in [5, 5.41) is 8.38. The minimum atomic E-state index is 0.593. The molecule has 4 heteroatoms. The number of rotatable bonds is 1. The van der Waals surface area contributed by atoms with Gasteiger partial charge in [-0.25, -0.2) is 0 Å². The van der Waals surface area contributed by atoms with Crippen molar-refractivity contribution in [1.82, 2.24) is 10.2 Å². The highest BCUT2D eigenvalue weighted by atomic mass is 79.9. The topological polar surface area (TPSA) is 25.8 Å². The number of hydrogen-bond acceptors (Lipinski definition) is 2. The highest BCUT2D eigenvalue weighted by Crippen LogP contribution is 2.22. The van der Waals surface area contributed by atoms with E-state index < -0.39 is 0 Å². The fourth-order valence-electron chi connectivity index (χ4n) is 1.13. The summed E-state index contributed by atoms with van der Waals surface area (Å²) in [6, 6.07) is 9.63. The molecule has 2 rings (SSSR count). The first kappa shape index (κ1) is 9.62. The number of nitrogens with zero attached hydrogens (tertiary/aromatic N) is 2. The molecule has 0 spiro atoms. The van der Waals surface area contributed by atoms with Crippen LogP contribution in [0.15, 0.2) is 41.0 Å². The first-order valence-electron chi connectivity index (χ1n) is 4.00. The van der Waals surface area contributed by atoms with Gasteiger partial charge in [0.1, 0.15) is 0 Å². The van der Waals surface area contributed by atoms with Gasteiger partial charge in [0.2, 0.25) is 0 Å². The average Bonchev–Trinajstić information content (AvgIpc) is 2.18. The van der Waals surface area contributed by atoms with Crippen molar-refractivity contribution in [1.29, 1.82) is 0 Å². The van der Waals surface area contributed by atoms with Gasteiger partial charge in [-0.3, -0.25) is 0 Å². The third kappa shape index (κ3) is 2.11. The van der Waals surface area contributed by atoms with Gasteiger partial charge in [0, 0.05) is 10.0 Å². The summed E-state index contributed by atoms with van der Waals surface area (Å²) in [4.78, 5) is 0. The van der Waals surface area contributed by atoms with Gasteiger partial charge >= 0.3 is 0 Å². The van der Waals surface area contributed by atoms with Crippen molar-refractivity contribution < 1.29 is 0 Å². The third-order valence-electron chi connectivity index (χ3n) is 1.74. The molecular weight excluding hydrogens is 263 g/mol. The van der Waals surface area contributed by atoms with E-state index in [9.17, 15) is 0 Å². The fraction of sp³-hybridized carbons (Fsp3) is 0. The van der Waals surface area contributed by atoms with E-state index in [4.69, 9.17) is 11.6 Å². The van der Waals surface area contributed by atoms with Crippen molar-refractivity contribution in [2.45, 2.75) is 0 Å². The van der Waals surface area contributed by atoms with Crippen molar-refractivity contribution in [3.8, 4) is 11.3 Å². The molecule has 0 amide bonds. The summed E-state index contributed by atoms with van der Waals surface area (Å²) in [5.74, 6) is 0. The van der Waals surface area contributed by atoms with Gasteiger partial charge in [0.05, 0.1) is 16.9 Å². The molecular formula is C10H6BrClN2. The summed E-state index contributed by atoms with van der Waals surface area (Å²) in [5.41, 5.74) is 1.77. The van der Waals surface area contributed by atoms with Crippen LogP contribution in [0.1, 0.15) is 0 Å². The summed E-state index contributed by atoms with van der Waals surface area (Å²) in [6.45, 7) is 0. The SMILES string of the molecule is Clc1cnnc(-c2cccc(Br)c2)c1. The van der Waals surface area contributed by atoms with E-state index in [1.54, 1.807) is 6.07 Å². The predicted octanol–water partition coefficient (Wildman–Crippen LogP) is 3.56. The van der Waals surface area contributed by atoms with E-state index >= 15 is 0 Å². The molecule has 0 bridgehead atoms. The van der Waals surface area contributed by atoms with E-state index in [-0.39, 0.29) is 0 Å². The third-order valence-corrected chi connectivity index (χ3v) is 2.44. The normalized spacial score (nSPS) is 10.1. The lowest BCUT2D eigenvalue weighted by atomic mass is 10.1. The maximum atomic E-state index is 5.82. The van der Waals surface area contributed by atoms with Gasteiger partial charge in [0.25, 0.3) is 0 Å². The smallest absolute Gasteiger partial charge is 0.0944 e. The Morgan fingerprint density at radius 2 is 2.07 bits per heavy atom. The van der Waals surface area contributed by atoms with Crippen molar-refractivity contribution in [2.24, 2.45) is 0 Å². The Hall–Kier alpha value is -0.930. The van der Waals surface area contributed by atoms with Crippen molar-refractivity contribution >= 4 is 27.5 Å². The van der Waals surface area contributed by atoms with Gasteiger partial charge in [-0.15, -0.1) is 0 Å². The molecule has 14 heavy (non-hydrogen) atoms. The molecule has 1 aromatic carbocycles. The first-order valence-corrected chi connectivity index (χ1v) is 5.17. The number of hydrogen-bond donors (Lipinski definition) is 0. The van der Waals surface area contributed by atoms with Crippen LogP contribution in [0.4, 0.5) is 0 Å². The minimum absolute atomic E-state index is 0.593. The zero-order chi connectivity index (χ0) is 9.97. The van der Waals surface area contributed by atoms with E-state index in [1.165, 1.54) is 6.20 Å². The second-order valence-electron chi connectivity index (χ2n) is 2.77. The van der Waals surface area contributed by atoms with Crippen LogP contribution in [0.2, 0.25) is 5.02 Å². The molecule has 1 aromatic heterocycles. The van der Waals surface area contributed by atoms with Gasteiger partial charge in [-0.1, -0.05) is 39.7 Å². The molecule has 0 saturated heterocycles. The molecule has 70 valence electrons. The largest absolute Gasteiger partial charge is 0.157 e. The van der Waals surface area contributed by atoms with Crippen molar-refractivity contribution in [2.75, 3.05) is 0 Å². The summed E-state index contributed by atoms with van der Waals surface area (Å²) >= 11 is 9.22. The molecule has 0 aliphatic carbocycles. The zero-order valence-electron chi connectivity index (χ0n) is 7.11. The van der Waals surface area contributed by atoms with Crippen LogP contribution >= 0.6 is 27.5 Å². The molecule has 0 N–H and O–H groups in total. The molecule has 0 unspecified atom stereocenters. The van der Waals surface area contributed by atoms with Gasteiger partial charge in [-0.05, 0) is 18.2 Å². The van der Waals surface area contributed by atoms with Crippen LogP contribution in [-0.4, -0.2) is 10.2 Å². The molecule has 0 aliphatic rings. The van der Waals surface area contributed by atoms with Crippen LogP contribution in [0.3, 0.4) is 0 Å². The first-order chi connectivity index (χ1) is 6.75. The van der Waals surface area contributed by atoms with E-state index in [0.29, 0.717) is 5.02 Å². The molecule has 0 fully saturated rings. The number of aromatic nitrogens is 2. The van der Waals surface area contributed by atoms with Crippen LogP contribution in [0, 0.1) is 0 Å². The van der Waals surface area contributed by atoms with Crippen LogP contribution in [-0.2, 0) is 0 Å². The second-order valence-corrected chi connectivity index (χ2v) is 4.12. The standard InChI is InChI=1S/C10H6BrClN2/c11-8-3-1-2-7(4-8)10-5-9(12)6-13-14-10/h1-6H. The number of benzene rings is 1. The van der Waals surface area contributed by atoms with Crippen LogP contribution < -0.4 is 0 Å². The number of halogens is 2. The maximum Gasteiger partial charge on any atom is 0.0944 e. The predicted molar refractivity (Wildman–Crippen MR) is 60.2 cm³/mol. The monoisotopic (exact) mass is 268 g/mol. The summed E-state index contributed by atoms with van der Waals surface area (Å²) < 4.78 is 1.01. The molecule has 0 aliphatic heterocycles. The maximum absolute atomic E-state index is 5.82. The quantitative estimate of drug-likeness (QED) is 0.791. The lowest BCUT2D eigenvalue weighted by molar-refractivity contribution is 1.04. The summed E-state index contributed by atoms with van der Waals surface area (Å²) in [6.07, 6.45) is 1.52. The highest BCUT2D eigenvalue weighted by molar-refractivity contribution is 9.10. The Morgan fingerprint density at radius 3 is 2.79 bits per heavy atom. The molecule has 0 atom stereocenters. The Morgan fingerprint density at radius 1 is 1.21 bits per heavy atom. The fourth-order valence-corrected chi connectivity index (χ4v) is 1.68. The summed E-state index contributed by atoms with van der Waals surface area (Å²) in [7, 11) is 0. The molecule has 0 radical (unpaired) electrons. The van der Waals surface area contributed by atoms with Crippen molar-refractivity contribution in [3.63, 3.8) is 0 Å². The highest BCUT2D eigenvalue weighted by Gasteiger charge is 2.00. The lowest BCUT2D eigenvalue weighted by Gasteiger charge is -2.00. The molecule has 2 nitrogen and oxygen atoms in total. The Kier molecular flexibility index (Phi) is 2.79. The molecule has 0 saturated carbocycles. The van der Waals surface area contributed by atoms with E-state index in [1.807, 2.05) is 24.3 Å². The second kappa shape index (κ2) is 4.07. The van der Waals surface area contributed by atoms with E-state index in [2.05, 4.69) is 26.1 Å². The van der Waals surface area contributed by atoms with Crippen LogP contribution in [0.5, 0.6) is 0 Å². The average molecular weight is 270 g/mol. The minimum Gasteiger partial charge on any atom is -0.157 e. The Bertz CT molecular complexity index is 416. The zero-order valence-corrected chi connectivity index (χ0v) is 9.46. The molecule has 2 aromatic rings. The van der Waals surface area contributed by atoms with Gasteiger partial charge in [0.15, 0.2) is 0 Å².